The summed E-state index contributed by atoms with van der Waals surface area (Å²) in [5.41, 5.74) is 0.137. The van der Waals surface area contributed by atoms with E-state index in [0.29, 0.717) is 0 Å². The van der Waals surface area contributed by atoms with E-state index in [4.69, 9.17) is 10.6 Å². The van der Waals surface area contributed by atoms with Crippen molar-refractivity contribution in [3.05, 3.63) is 0 Å². The monoisotopic (exact) mass is 143 g/mol. The van der Waals surface area contributed by atoms with Crippen LogP contribution in [0.3, 0.4) is 0 Å². The van der Waals surface area contributed by atoms with Crippen molar-refractivity contribution in [3.63, 3.8) is 0 Å². The maximum atomic E-state index is 5.79. The van der Waals surface area contributed by atoms with Gasteiger partial charge in [-0.3, -0.25) is 5.84 Å². The Hall–Kier alpha value is -0.160. The van der Waals surface area contributed by atoms with Crippen molar-refractivity contribution < 1.29 is 4.74 Å². The fourth-order valence-corrected chi connectivity index (χ4v) is 1.46. The quantitative estimate of drug-likeness (QED) is 0.407. The number of nitrogens with two attached hydrogens (primary N) is 1. The zero-order chi connectivity index (χ0) is 7.03. The molecule has 0 atom stereocenters. The molecule has 0 amide bonds. The third kappa shape index (κ3) is 0.769. The van der Waals surface area contributed by atoms with Gasteiger partial charge in [-0.2, -0.15) is 0 Å². The molecule has 1 spiro atoms. The highest BCUT2D eigenvalue weighted by atomic mass is 16.5. The van der Waals surface area contributed by atoms with Crippen molar-refractivity contribution in [2.45, 2.75) is 5.54 Å². The zero-order valence-corrected chi connectivity index (χ0v) is 5.97. The van der Waals surface area contributed by atoms with E-state index >= 15 is 0 Å². The lowest BCUT2D eigenvalue weighted by atomic mass is 9.95. The lowest BCUT2D eigenvalue weighted by molar-refractivity contribution is -0.149. The predicted octanol–water partition coefficient (Wildman–Crippen LogP) is -1.47. The van der Waals surface area contributed by atoms with E-state index < -0.39 is 0 Å². The van der Waals surface area contributed by atoms with Gasteiger partial charge < -0.3 is 10.1 Å². The molecule has 0 aromatic rings. The molecule has 0 aliphatic carbocycles. The minimum Gasteiger partial charge on any atom is -0.377 e. The van der Waals surface area contributed by atoms with Crippen LogP contribution in [0, 0.1) is 0 Å². The summed E-state index contributed by atoms with van der Waals surface area (Å²) < 4.78 is 5.12. The number of nitrogens with zero attached hydrogens (tertiary/aromatic N) is 1. The maximum Gasteiger partial charge on any atom is 0.0941 e. The van der Waals surface area contributed by atoms with Gasteiger partial charge in [0.05, 0.1) is 18.8 Å². The van der Waals surface area contributed by atoms with Gasteiger partial charge in [0.2, 0.25) is 0 Å². The van der Waals surface area contributed by atoms with Crippen molar-refractivity contribution in [1.82, 2.24) is 10.3 Å². The SMILES string of the molecule is NN1CCNCC12COC2. The molecule has 0 radical (unpaired) electrons. The number of hydrogen-bond acceptors (Lipinski definition) is 4. The molecule has 2 rings (SSSR count). The van der Waals surface area contributed by atoms with Crippen LogP contribution in [0.2, 0.25) is 0 Å². The molecular weight excluding hydrogens is 130 g/mol. The number of rotatable bonds is 0. The largest absolute Gasteiger partial charge is 0.377 e. The number of ether oxygens (including phenoxy) is 1. The number of nitrogens with one attached hydrogen (secondary N) is 1. The van der Waals surface area contributed by atoms with Crippen LogP contribution in [0.25, 0.3) is 0 Å². The Balaban J connectivity index is 2.03. The second-order valence-corrected chi connectivity index (χ2v) is 3.09. The van der Waals surface area contributed by atoms with Crippen molar-refractivity contribution in [2.24, 2.45) is 5.84 Å². The topological polar surface area (TPSA) is 50.5 Å². The summed E-state index contributed by atoms with van der Waals surface area (Å²) in [6, 6.07) is 0. The molecular formula is C6H13N3O. The van der Waals surface area contributed by atoms with Gasteiger partial charge in [-0.25, -0.2) is 5.01 Å². The van der Waals surface area contributed by atoms with Crippen molar-refractivity contribution in [2.75, 3.05) is 32.8 Å². The Morgan fingerprint density at radius 2 is 2.30 bits per heavy atom. The van der Waals surface area contributed by atoms with Crippen LogP contribution in [0.1, 0.15) is 0 Å². The van der Waals surface area contributed by atoms with Gasteiger partial charge in [-0.1, -0.05) is 0 Å². The lowest BCUT2D eigenvalue weighted by Crippen LogP contribution is -2.72. The highest BCUT2D eigenvalue weighted by Crippen LogP contribution is 2.22. The van der Waals surface area contributed by atoms with E-state index in [0.717, 1.165) is 32.8 Å². The number of hydrogen-bond donors (Lipinski definition) is 2. The number of hydrazine groups is 1. The first-order valence-corrected chi connectivity index (χ1v) is 3.64. The Kier molecular flexibility index (Phi) is 1.42. The average molecular weight is 143 g/mol. The number of piperazine rings is 1. The molecule has 2 fully saturated rings. The summed E-state index contributed by atoms with van der Waals surface area (Å²) in [5.74, 6) is 5.79. The third-order valence-electron chi connectivity index (χ3n) is 2.33. The Labute approximate surface area is 60.3 Å². The van der Waals surface area contributed by atoms with Crippen LogP contribution >= 0.6 is 0 Å². The van der Waals surface area contributed by atoms with Gasteiger partial charge in [0.25, 0.3) is 0 Å². The first-order chi connectivity index (χ1) is 4.83. The van der Waals surface area contributed by atoms with E-state index in [1.807, 2.05) is 5.01 Å². The predicted molar refractivity (Wildman–Crippen MR) is 37.3 cm³/mol. The molecule has 2 heterocycles. The molecule has 2 saturated heterocycles. The van der Waals surface area contributed by atoms with Gasteiger partial charge >= 0.3 is 0 Å². The van der Waals surface area contributed by atoms with Gasteiger partial charge in [0, 0.05) is 19.6 Å². The Morgan fingerprint density at radius 3 is 2.70 bits per heavy atom. The van der Waals surface area contributed by atoms with Crippen molar-refractivity contribution in [3.8, 4) is 0 Å². The van der Waals surface area contributed by atoms with Crippen LogP contribution in [0.5, 0.6) is 0 Å². The van der Waals surface area contributed by atoms with E-state index in [1.54, 1.807) is 0 Å². The van der Waals surface area contributed by atoms with Gasteiger partial charge in [0.1, 0.15) is 0 Å². The molecule has 10 heavy (non-hydrogen) atoms. The normalized spacial score (nSPS) is 32.1. The highest BCUT2D eigenvalue weighted by Gasteiger charge is 2.44. The smallest absolute Gasteiger partial charge is 0.0941 e. The Morgan fingerprint density at radius 1 is 1.50 bits per heavy atom. The molecule has 2 aliphatic rings. The molecule has 0 aromatic heterocycles. The summed E-state index contributed by atoms with van der Waals surface area (Å²) >= 11 is 0. The van der Waals surface area contributed by atoms with Gasteiger partial charge in [0.15, 0.2) is 0 Å². The van der Waals surface area contributed by atoms with E-state index in [9.17, 15) is 0 Å². The summed E-state index contributed by atoms with van der Waals surface area (Å²) in [7, 11) is 0. The van der Waals surface area contributed by atoms with Crippen molar-refractivity contribution >= 4 is 0 Å². The molecule has 0 saturated carbocycles. The van der Waals surface area contributed by atoms with Crippen LogP contribution in [-0.2, 0) is 4.74 Å². The highest BCUT2D eigenvalue weighted by molar-refractivity contribution is 4.98. The van der Waals surface area contributed by atoms with Gasteiger partial charge in [-0.15, -0.1) is 0 Å². The summed E-state index contributed by atoms with van der Waals surface area (Å²) in [5, 5.41) is 5.22. The molecule has 0 unspecified atom stereocenters. The summed E-state index contributed by atoms with van der Waals surface area (Å²) in [4.78, 5) is 0. The molecule has 4 heteroatoms. The third-order valence-corrected chi connectivity index (χ3v) is 2.33. The molecule has 0 bridgehead atoms. The van der Waals surface area contributed by atoms with Crippen LogP contribution < -0.4 is 11.2 Å². The molecule has 0 aromatic carbocycles. The fraction of sp³-hybridized carbons (Fsp3) is 1.00. The fourth-order valence-electron chi connectivity index (χ4n) is 1.46. The standard InChI is InChI=1S/C6H13N3O/c7-9-2-1-8-3-6(9)4-10-5-6/h8H,1-5,7H2. The maximum absolute atomic E-state index is 5.79. The zero-order valence-electron chi connectivity index (χ0n) is 5.97. The first-order valence-electron chi connectivity index (χ1n) is 3.64. The van der Waals surface area contributed by atoms with Crippen molar-refractivity contribution in [1.29, 1.82) is 0 Å². The average Bonchev–Trinajstić information content (AvgIpc) is 1.85. The molecule has 2 aliphatic heterocycles. The molecule has 3 N–H and O–H groups in total. The second kappa shape index (κ2) is 2.17. The van der Waals surface area contributed by atoms with Crippen LogP contribution in [0.4, 0.5) is 0 Å². The molecule has 4 nitrogen and oxygen atoms in total. The van der Waals surface area contributed by atoms with E-state index in [-0.39, 0.29) is 5.54 Å². The molecule has 58 valence electrons. The first kappa shape index (κ1) is 6.54. The van der Waals surface area contributed by atoms with Crippen LogP contribution in [-0.4, -0.2) is 43.4 Å². The summed E-state index contributed by atoms with van der Waals surface area (Å²) in [6.45, 7) is 4.48. The van der Waals surface area contributed by atoms with Gasteiger partial charge in [-0.05, 0) is 0 Å². The summed E-state index contributed by atoms with van der Waals surface area (Å²) in [6.07, 6.45) is 0. The minimum absolute atomic E-state index is 0.137. The lowest BCUT2D eigenvalue weighted by Gasteiger charge is -2.50. The van der Waals surface area contributed by atoms with E-state index in [2.05, 4.69) is 5.32 Å². The second-order valence-electron chi connectivity index (χ2n) is 3.09. The Bertz CT molecular complexity index is 135. The minimum atomic E-state index is 0.137. The van der Waals surface area contributed by atoms with E-state index in [1.165, 1.54) is 0 Å². The van der Waals surface area contributed by atoms with Crippen LogP contribution in [0.15, 0.2) is 0 Å².